The summed E-state index contributed by atoms with van der Waals surface area (Å²) < 4.78 is 11.8. The summed E-state index contributed by atoms with van der Waals surface area (Å²) in [5, 5.41) is 3.94. The van der Waals surface area contributed by atoms with Crippen molar-refractivity contribution >= 4 is 0 Å². The van der Waals surface area contributed by atoms with Crippen LogP contribution in [0.5, 0.6) is 11.8 Å². The number of nitrogens with two attached hydrogens (primary N) is 1. The number of nitrogens with zero attached hydrogens (tertiary/aromatic N) is 5. The topological polar surface area (TPSA) is 110 Å². The summed E-state index contributed by atoms with van der Waals surface area (Å²) in [6, 6.07) is 1.49. The third-order valence-corrected chi connectivity index (χ3v) is 2.26. The van der Waals surface area contributed by atoms with E-state index in [2.05, 4.69) is 15.1 Å². The van der Waals surface area contributed by atoms with E-state index >= 15 is 0 Å². The average molecular weight is 252 g/mol. The van der Waals surface area contributed by atoms with Crippen molar-refractivity contribution in [2.45, 2.75) is 6.92 Å². The number of aryl methyl sites for hydroxylation is 1. The highest BCUT2D eigenvalue weighted by atomic mass is 16.5. The van der Waals surface area contributed by atoms with Crippen molar-refractivity contribution in [3.63, 3.8) is 0 Å². The summed E-state index contributed by atoms with van der Waals surface area (Å²) in [5.74, 6) is 6.37. The van der Waals surface area contributed by atoms with Crippen LogP contribution in [0.15, 0.2) is 10.9 Å². The van der Waals surface area contributed by atoms with Gasteiger partial charge in [-0.15, -0.1) is 9.78 Å². The van der Waals surface area contributed by atoms with Gasteiger partial charge >= 0.3 is 5.69 Å². The Morgan fingerprint density at radius 2 is 1.78 bits per heavy atom. The highest BCUT2D eigenvalue weighted by Gasteiger charge is 2.14. The highest BCUT2D eigenvalue weighted by molar-refractivity contribution is 5.26. The molecular weight excluding hydrogens is 240 g/mol. The van der Waals surface area contributed by atoms with Crippen LogP contribution in [-0.2, 0) is 0 Å². The van der Waals surface area contributed by atoms with Gasteiger partial charge in [0.2, 0.25) is 11.8 Å². The molecule has 2 aromatic heterocycles. The molecule has 9 heteroatoms. The third kappa shape index (κ3) is 1.85. The minimum atomic E-state index is -0.553. The Labute approximate surface area is 102 Å². The lowest BCUT2D eigenvalue weighted by molar-refractivity contribution is 0.369. The van der Waals surface area contributed by atoms with Gasteiger partial charge in [0.15, 0.2) is 5.82 Å². The van der Waals surface area contributed by atoms with Gasteiger partial charge < -0.3 is 15.3 Å². The fourth-order valence-electron chi connectivity index (χ4n) is 1.30. The molecule has 0 aliphatic heterocycles. The fraction of sp³-hybridized carbons (Fsp3) is 0.333. The molecule has 2 aromatic rings. The second-order valence-electron chi connectivity index (χ2n) is 3.36. The molecule has 0 aliphatic carbocycles. The zero-order valence-electron chi connectivity index (χ0n) is 10.1. The van der Waals surface area contributed by atoms with Gasteiger partial charge in [0.1, 0.15) is 0 Å². The first-order chi connectivity index (χ1) is 8.56. The van der Waals surface area contributed by atoms with Crippen molar-refractivity contribution in [1.29, 1.82) is 0 Å². The quantitative estimate of drug-likeness (QED) is 0.687. The number of aromatic nitrogens is 5. The summed E-state index contributed by atoms with van der Waals surface area (Å²) in [7, 11) is 2.89. The lowest BCUT2D eigenvalue weighted by Gasteiger charge is -2.04. The first-order valence-corrected chi connectivity index (χ1v) is 4.98. The average Bonchev–Trinajstić information content (AvgIpc) is 2.65. The number of hydrogen-bond acceptors (Lipinski definition) is 7. The van der Waals surface area contributed by atoms with Crippen molar-refractivity contribution in [3.8, 4) is 17.7 Å². The zero-order valence-corrected chi connectivity index (χ0v) is 10.1. The van der Waals surface area contributed by atoms with Crippen LogP contribution in [0.4, 0.5) is 0 Å². The lowest BCUT2D eigenvalue weighted by Crippen LogP contribution is -2.30. The normalized spacial score (nSPS) is 10.4. The molecule has 2 N–H and O–H groups in total. The monoisotopic (exact) mass is 252 g/mol. The van der Waals surface area contributed by atoms with Crippen LogP contribution in [-0.4, -0.2) is 38.6 Å². The molecule has 0 aliphatic rings. The Bertz CT molecular complexity index is 609. The van der Waals surface area contributed by atoms with E-state index in [0.717, 1.165) is 9.36 Å². The molecule has 0 unspecified atom stereocenters. The largest absolute Gasteiger partial charge is 0.481 e. The van der Waals surface area contributed by atoms with Gasteiger partial charge in [-0.25, -0.2) is 4.79 Å². The zero-order chi connectivity index (χ0) is 13.3. The molecule has 0 bridgehead atoms. The minimum Gasteiger partial charge on any atom is -0.481 e. The van der Waals surface area contributed by atoms with E-state index in [9.17, 15) is 4.79 Å². The number of hydrogen-bond donors (Lipinski definition) is 1. The van der Waals surface area contributed by atoms with Crippen molar-refractivity contribution in [3.05, 3.63) is 22.4 Å². The Morgan fingerprint density at radius 1 is 1.22 bits per heavy atom. The van der Waals surface area contributed by atoms with E-state index in [4.69, 9.17) is 15.3 Å². The number of rotatable bonds is 3. The molecule has 0 radical (unpaired) electrons. The van der Waals surface area contributed by atoms with Crippen molar-refractivity contribution in [1.82, 2.24) is 24.4 Å². The van der Waals surface area contributed by atoms with E-state index in [1.807, 2.05) is 0 Å². The summed E-state index contributed by atoms with van der Waals surface area (Å²) in [5.41, 5.74) is -0.553. The van der Waals surface area contributed by atoms with Crippen LogP contribution in [0, 0.1) is 6.92 Å². The first-order valence-electron chi connectivity index (χ1n) is 4.98. The SMILES string of the molecule is COc1cc(OC)nc(-n2nc(C)n(N)c2=O)n1. The van der Waals surface area contributed by atoms with E-state index in [1.165, 1.54) is 20.3 Å². The van der Waals surface area contributed by atoms with Crippen molar-refractivity contribution in [2.24, 2.45) is 0 Å². The molecule has 2 heterocycles. The fourth-order valence-corrected chi connectivity index (χ4v) is 1.30. The van der Waals surface area contributed by atoms with Crippen LogP contribution in [0.25, 0.3) is 5.95 Å². The Kier molecular flexibility index (Phi) is 2.88. The minimum absolute atomic E-state index is 0.0310. The standard InChI is InChI=1S/C9H12N6O3/c1-5-13-15(9(16)14(5)10)8-11-6(17-2)4-7(12-8)18-3/h4H,10H2,1-3H3. The second-order valence-corrected chi connectivity index (χ2v) is 3.36. The first kappa shape index (κ1) is 11.9. The van der Waals surface area contributed by atoms with Crippen LogP contribution in [0.2, 0.25) is 0 Å². The predicted molar refractivity (Wildman–Crippen MR) is 61.4 cm³/mol. The van der Waals surface area contributed by atoms with Gasteiger partial charge in [0.25, 0.3) is 5.95 Å². The number of methoxy groups -OCH3 is 2. The molecule has 0 atom stereocenters. The molecule has 0 spiro atoms. The van der Waals surface area contributed by atoms with Gasteiger partial charge in [-0.2, -0.15) is 14.6 Å². The van der Waals surface area contributed by atoms with Crippen molar-refractivity contribution < 1.29 is 9.47 Å². The summed E-state index contributed by atoms with van der Waals surface area (Å²) in [6.45, 7) is 1.59. The summed E-state index contributed by atoms with van der Waals surface area (Å²) >= 11 is 0. The van der Waals surface area contributed by atoms with Gasteiger partial charge in [-0.3, -0.25) is 0 Å². The van der Waals surface area contributed by atoms with E-state index in [1.54, 1.807) is 6.92 Å². The predicted octanol–water partition coefficient (Wildman–Crippen LogP) is -1.14. The molecule has 0 fully saturated rings. The molecule has 0 aromatic carbocycles. The summed E-state index contributed by atoms with van der Waals surface area (Å²) in [6.07, 6.45) is 0. The summed E-state index contributed by atoms with van der Waals surface area (Å²) in [4.78, 5) is 19.8. The molecule has 0 saturated carbocycles. The van der Waals surface area contributed by atoms with Gasteiger partial charge in [-0.05, 0) is 6.92 Å². The van der Waals surface area contributed by atoms with E-state index in [0.29, 0.717) is 5.82 Å². The van der Waals surface area contributed by atoms with Crippen LogP contribution < -0.4 is 21.0 Å². The van der Waals surface area contributed by atoms with Crippen LogP contribution in [0.3, 0.4) is 0 Å². The van der Waals surface area contributed by atoms with Gasteiger partial charge in [0.05, 0.1) is 20.3 Å². The van der Waals surface area contributed by atoms with Crippen LogP contribution >= 0.6 is 0 Å². The maximum atomic E-state index is 11.8. The van der Waals surface area contributed by atoms with E-state index < -0.39 is 5.69 Å². The molecule has 18 heavy (non-hydrogen) atoms. The number of ether oxygens (including phenoxy) is 2. The van der Waals surface area contributed by atoms with Crippen molar-refractivity contribution in [2.75, 3.05) is 20.1 Å². The Morgan fingerprint density at radius 3 is 2.17 bits per heavy atom. The maximum absolute atomic E-state index is 11.8. The highest BCUT2D eigenvalue weighted by Crippen LogP contribution is 2.15. The smallest absolute Gasteiger partial charge is 0.372 e. The lowest BCUT2D eigenvalue weighted by atomic mass is 10.6. The Hall–Kier alpha value is -2.58. The molecular formula is C9H12N6O3. The number of nitrogen functional groups attached to an aromatic ring is 1. The maximum Gasteiger partial charge on any atom is 0.372 e. The molecule has 0 saturated heterocycles. The Balaban J connectivity index is 2.63. The van der Waals surface area contributed by atoms with Gasteiger partial charge in [-0.1, -0.05) is 0 Å². The molecule has 9 nitrogen and oxygen atoms in total. The molecule has 2 rings (SSSR count). The third-order valence-electron chi connectivity index (χ3n) is 2.26. The van der Waals surface area contributed by atoms with Crippen LogP contribution in [0.1, 0.15) is 5.82 Å². The molecule has 96 valence electrons. The second kappa shape index (κ2) is 4.35. The van der Waals surface area contributed by atoms with Gasteiger partial charge in [0, 0.05) is 0 Å². The van der Waals surface area contributed by atoms with E-state index in [-0.39, 0.29) is 17.7 Å². The molecule has 0 amide bonds.